The van der Waals surface area contributed by atoms with E-state index in [1.54, 1.807) is 18.3 Å². The molecule has 0 saturated carbocycles. The van der Waals surface area contributed by atoms with E-state index in [2.05, 4.69) is 14.9 Å². The minimum Gasteiger partial charge on any atom is -0.459 e. The van der Waals surface area contributed by atoms with Crippen molar-refractivity contribution in [1.29, 1.82) is 0 Å². The molecular weight excluding hydrogens is 294 g/mol. The van der Waals surface area contributed by atoms with Crippen LogP contribution in [0.15, 0.2) is 41.4 Å². The van der Waals surface area contributed by atoms with Crippen LogP contribution >= 0.6 is 0 Å². The minimum atomic E-state index is -0.0546. The Morgan fingerprint density at radius 3 is 2.78 bits per heavy atom. The molecule has 4 rings (SSSR count). The van der Waals surface area contributed by atoms with Crippen molar-refractivity contribution >= 4 is 17.2 Å². The molecule has 1 aliphatic rings. The van der Waals surface area contributed by atoms with Crippen LogP contribution in [0.5, 0.6) is 0 Å². The summed E-state index contributed by atoms with van der Waals surface area (Å²) in [5, 5.41) is 0. The number of rotatable bonds is 2. The van der Waals surface area contributed by atoms with Crippen molar-refractivity contribution in [2.75, 3.05) is 31.1 Å². The lowest BCUT2D eigenvalue weighted by molar-refractivity contribution is 0.0714. The molecule has 0 unspecified atom stereocenters. The fraction of sp³-hybridized carbons (Fsp3) is 0.312. The Labute approximate surface area is 133 Å². The first-order valence-corrected chi connectivity index (χ1v) is 7.60. The van der Waals surface area contributed by atoms with E-state index < -0.39 is 0 Å². The SMILES string of the molecule is Cc1ncc2c(N3CCN(C(=O)c4ccco4)CC3)nccn12. The van der Waals surface area contributed by atoms with E-state index in [1.807, 2.05) is 28.6 Å². The van der Waals surface area contributed by atoms with E-state index in [-0.39, 0.29) is 5.91 Å². The second kappa shape index (κ2) is 5.42. The third kappa shape index (κ3) is 2.34. The van der Waals surface area contributed by atoms with Gasteiger partial charge in [0, 0.05) is 38.6 Å². The summed E-state index contributed by atoms with van der Waals surface area (Å²) in [7, 11) is 0. The first-order chi connectivity index (χ1) is 11.2. The van der Waals surface area contributed by atoms with Gasteiger partial charge in [-0.3, -0.25) is 9.20 Å². The highest BCUT2D eigenvalue weighted by Crippen LogP contribution is 2.21. The van der Waals surface area contributed by atoms with Crippen molar-refractivity contribution in [3.05, 3.63) is 48.6 Å². The van der Waals surface area contributed by atoms with Gasteiger partial charge in [0.15, 0.2) is 11.6 Å². The summed E-state index contributed by atoms with van der Waals surface area (Å²) in [6.45, 7) is 4.74. The van der Waals surface area contributed by atoms with Gasteiger partial charge in [0.2, 0.25) is 0 Å². The average Bonchev–Trinajstić information content (AvgIpc) is 3.25. The van der Waals surface area contributed by atoms with Gasteiger partial charge < -0.3 is 14.2 Å². The van der Waals surface area contributed by atoms with Crippen molar-refractivity contribution in [2.45, 2.75) is 6.92 Å². The second-order valence-electron chi connectivity index (χ2n) is 5.57. The van der Waals surface area contributed by atoms with Gasteiger partial charge in [0.25, 0.3) is 5.91 Å². The molecule has 0 radical (unpaired) electrons. The zero-order valence-corrected chi connectivity index (χ0v) is 12.8. The van der Waals surface area contributed by atoms with Crippen LogP contribution < -0.4 is 4.90 Å². The number of hydrogen-bond acceptors (Lipinski definition) is 5. The van der Waals surface area contributed by atoms with Crippen LogP contribution in [0.4, 0.5) is 5.82 Å². The molecule has 0 aromatic carbocycles. The van der Waals surface area contributed by atoms with E-state index in [1.165, 1.54) is 6.26 Å². The molecule has 118 valence electrons. The Bertz CT molecular complexity index is 831. The zero-order chi connectivity index (χ0) is 15.8. The number of carbonyl (C=O) groups is 1. The predicted molar refractivity (Wildman–Crippen MR) is 84.5 cm³/mol. The lowest BCUT2D eigenvalue weighted by Gasteiger charge is -2.35. The Hall–Kier alpha value is -2.83. The van der Waals surface area contributed by atoms with E-state index in [9.17, 15) is 4.79 Å². The monoisotopic (exact) mass is 311 g/mol. The number of hydrogen-bond donors (Lipinski definition) is 0. The number of carbonyl (C=O) groups excluding carboxylic acids is 1. The first kappa shape index (κ1) is 13.8. The molecular formula is C16H17N5O2. The molecule has 0 N–H and O–H groups in total. The van der Waals surface area contributed by atoms with Crippen LogP contribution in [-0.4, -0.2) is 51.4 Å². The van der Waals surface area contributed by atoms with Gasteiger partial charge in [0.1, 0.15) is 11.3 Å². The molecule has 1 saturated heterocycles. The van der Waals surface area contributed by atoms with Crippen LogP contribution in [0.25, 0.3) is 5.52 Å². The molecule has 7 nitrogen and oxygen atoms in total. The smallest absolute Gasteiger partial charge is 0.289 e. The summed E-state index contributed by atoms with van der Waals surface area (Å²) in [6, 6.07) is 3.43. The summed E-state index contributed by atoms with van der Waals surface area (Å²) >= 11 is 0. The highest BCUT2D eigenvalue weighted by atomic mass is 16.3. The van der Waals surface area contributed by atoms with Crippen LogP contribution in [0.2, 0.25) is 0 Å². The van der Waals surface area contributed by atoms with Crippen molar-refractivity contribution in [1.82, 2.24) is 19.3 Å². The lowest BCUT2D eigenvalue weighted by Crippen LogP contribution is -2.49. The largest absolute Gasteiger partial charge is 0.459 e. The van der Waals surface area contributed by atoms with Gasteiger partial charge in [0.05, 0.1) is 12.5 Å². The maximum Gasteiger partial charge on any atom is 0.289 e. The minimum absolute atomic E-state index is 0.0546. The molecule has 0 aliphatic carbocycles. The number of nitrogens with zero attached hydrogens (tertiary/aromatic N) is 5. The van der Waals surface area contributed by atoms with Crippen LogP contribution in [0.1, 0.15) is 16.4 Å². The predicted octanol–water partition coefficient (Wildman–Crippen LogP) is 1.59. The van der Waals surface area contributed by atoms with Crippen molar-refractivity contribution in [3.8, 4) is 0 Å². The Morgan fingerprint density at radius 1 is 1.22 bits per heavy atom. The molecule has 7 heteroatoms. The number of anilines is 1. The molecule has 3 aromatic rings. The van der Waals surface area contributed by atoms with E-state index in [4.69, 9.17) is 4.42 Å². The molecule has 3 aromatic heterocycles. The average molecular weight is 311 g/mol. The Kier molecular flexibility index (Phi) is 3.25. The van der Waals surface area contributed by atoms with E-state index in [0.717, 1.165) is 30.2 Å². The highest BCUT2D eigenvalue weighted by Gasteiger charge is 2.25. The van der Waals surface area contributed by atoms with Gasteiger partial charge in [-0.25, -0.2) is 9.97 Å². The normalized spacial score (nSPS) is 15.3. The molecule has 1 amide bonds. The third-order valence-corrected chi connectivity index (χ3v) is 4.22. The zero-order valence-electron chi connectivity index (χ0n) is 12.8. The number of imidazole rings is 1. The fourth-order valence-electron chi connectivity index (χ4n) is 2.96. The fourth-order valence-corrected chi connectivity index (χ4v) is 2.96. The number of piperazine rings is 1. The summed E-state index contributed by atoms with van der Waals surface area (Å²) in [6.07, 6.45) is 7.07. The highest BCUT2D eigenvalue weighted by molar-refractivity contribution is 5.91. The van der Waals surface area contributed by atoms with Gasteiger partial charge in [-0.15, -0.1) is 0 Å². The van der Waals surface area contributed by atoms with Gasteiger partial charge in [-0.1, -0.05) is 0 Å². The topological polar surface area (TPSA) is 66.9 Å². The molecule has 1 aliphatic heterocycles. The summed E-state index contributed by atoms with van der Waals surface area (Å²) in [5.41, 5.74) is 0.996. The van der Waals surface area contributed by atoms with Gasteiger partial charge >= 0.3 is 0 Å². The van der Waals surface area contributed by atoms with E-state index in [0.29, 0.717) is 18.8 Å². The number of aryl methyl sites for hydroxylation is 1. The third-order valence-electron chi connectivity index (χ3n) is 4.22. The van der Waals surface area contributed by atoms with Crippen molar-refractivity contribution in [3.63, 3.8) is 0 Å². The molecule has 23 heavy (non-hydrogen) atoms. The first-order valence-electron chi connectivity index (χ1n) is 7.60. The van der Waals surface area contributed by atoms with Crippen molar-refractivity contribution < 1.29 is 9.21 Å². The molecule has 4 heterocycles. The van der Waals surface area contributed by atoms with Crippen LogP contribution in [0, 0.1) is 6.92 Å². The Balaban J connectivity index is 1.52. The maximum absolute atomic E-state index is 12.3. The van der Waals surface area contributed by atoms with Crippen LogP contribution in [0.3, 0.4) is 0 Å². The Morgan fingerprint density at radius 2 is 2.04 bits per heavy atom. The maximum atomic E-state index is 12.3. The molecule has 0 bridgehead atoms. The number of furan rings is 1. The quantitative estimate of drug-likeness (QED) is 0.719. The summed E-state index contributed by atoms with van der Waals surface area (Å²) < 4.78 is 7.22. The van der Waals surface area contributed by atoms with Gasteiger partial charge in [-0.05, 0) is 19.1 Å². The standard InChI is InChI=1S/C16H17N5O2/c1-12-18-11-13-15(17-4-5-21(12)13)19-6-8-20(9-7-19)16(22)14-3-2-10-23-14/h2-5,10-11H,6-9H2,1H3. The molecule has 1 fully saturated rings. The lowest BCUT2D eigenvalue weighted by atomic mass is 10.2. The summed E-state index contributed by atoms with van der Waals surface area (Å²) in [4.78, 5) is 25.2. The molecule has 0 spiro atoms. The second-order valence-corrected chi connectivity index (χ2v) is 5.57. The van der Waals surface area contributed by atoms with E-state index >= 15 is 0 Å². The number of amides is 1. The summed E-state index contributed by atoms with van der Waals surface area (Å²) in [5.74, 6) is 2.19. The number of fused-ring (bicyclic) bond motifs is 1. The molecule has 0 atom stereocenters. The van der Waals surface area contributed by atoms with Crippen molar-refractivity contribution in [2.24, 2.45) is 0 Å². The van der Waals surface area contributed by atoms with Crippen LogP contribution in [-0.2, 0) is 0 Å². The number of aromatic nitrogens is 3. The van der Waals surface area contributed by atoms with Gasteiger partial charge in [-0.2, -0.15) is 0 Å².